The zero-order valence-electron chi connectivity index (χ0n) is 15.8. The number of ether oxygens (including phenoxy) is 2. The van der Waals surface area contributed by atoms with Crippen molar-refractivity contribution in [2.45, 2.75) is 26.3 Å². The van der Waals surface area contributed by atoms with Crippen LogP contribution in [0.25, 0.3) is 10.9 Å². The van der Waals surface area contributed by atoms with Gasteiger partial charge in [-0.2, -0.15) is 0 Å². The van der Waals surface area contributed by atoms with Crippen molar-refractivity contribution in [1.29, 1.82) is 0 Å². The summed E-state index contributed by atoms with van der Waals surface area (Å²) in [4.78, 5) is 17.4. The highest BCUT2D eigenvalue weighted by molar-refractivity contribution is 6.31. The fourth-order valence-electron chi connectivity index (χ4n) is 3.28. The summed E-state index contributed by atoms with van der Waals surface area (Å²) in [6, 6.07) is 12.9. The molecule has 0 radical (unpaired) electrons. The molecule has 1 amide bonds. The van der Waals surface area contributed by atoms with E-state index in [2.05, 4.69) is 10.3 Å². The number of nitrogens with one attached hydrogen (secondary N) is 1. The number of carbonyl (C=O) groups excluding carboxylic acids is 1. The standard InChI is InChI=1S/C22H21ClN2O3/c1-13(15-4-7-20-21(12-15)28-9-3-8-27-20)25-22(26)18-11-16-10-17(23)5-6-19(16)24-14(18)2/h4-7,10-13H,3,8-9H2,1-2H3,(H,25,26). The number of benzene rings is 2. The molecule has 2 heterocycles. The molecule has 1 aliphatic rings. The lowest BCUT2D eigenvalue weighted by molar-refractivity contribution is 0.0939. The van der Waals surface area contributed by atoms with E-state index >= 15 is 0 Å². The molecule has 1 unspecified atom stereocenters. The van der Waals surface area contributed by atoms with Crippen LogP contribution in [0, 0.1) is 6.92 Å². The van der Waals surface area contributed by atoms with Crippen LogP contribution in [0.4, 0.5) is 0 Å². The monoisotopic (exact) mass is 396 g/mol. The fraction of sp³-hybridized carbons (Fsp3) is 0.273. The van der Waals surface area contributed by atoms with Gasteiger partial charge in [-0.15, -0.1) is 0 Å². The average molecular weight is 397 g/mol. The first kappa shape index (κ1) is 18.6. The lowest BCUT2D eigenvalue weighted by Crippen LogP contribution is -2.27. The molecule has 0 saturated heterocycles. The largest absolute Gasteiger partial charge is 0.490 e. The molecule has 0 aliphatic carbocycles. The number of aromatic nitrogens is 1. The molecular formula is C22H21ClN2O3. The number of rotatable bonds is 3. The van der Waals surface area contributed by atoms with E-state index in [0.717, 1.165) is 28.6 Å². The van der Waals surface area contributed by atoms with Gasteiger partial charge in [0.15, 0.2) is 11.5 Å². The molecular weight excluding hydrogens is 376 g/mol. The van der Waals surface area contributed by atoms with Crippen molar-refractivity contribution in [1.82, 2.24) is 10.3 Å². The number of carbonyl (C=O) groups is 1. The minimum atomic E-state index is -0.195. The Balaban J connectivity index is 1.57. The summed E-state index contributed by atoms with van der Waals surface area (Å²) in [6.07, 6.45) is 0.856. The van der Waals surface area contributed by atoms with Crippen molar-refractivity contribution in [2.75, 3.05) is 13.2 Å². The molecule has 2 aromatic carbocycles. The number of fused-ring (bicyclic) bond motifs is 2. The molecule has 6 heteroatoms. The summed E-state index contributed by atoms with van der Waals surface area (Å²) in [5.74, 6) is 1.28. The van der Waals surface area contributed by atoms with Gasteiger partial charge in [-0.25, -0.2) is 0 Å². The van der Waals surface area contributed by atoms with Gasteiger partial charge in [-0.05, 0) is 55.8 Å². The third-order valence-electron chi connectivity index (χ3n) is 4.83. The Kier molecular flexibility index (Phi) is 5.09. The first-order valence-corrected chi connectivity index (χ1v) is 9.66. The minimum Gasteiger partial charge on any atom is -0.490 e. The van der Waals surface area contributed by atoms with Crippen LogP contribution in [0.2, 0.25) is 5.02 Å². The summed E-state index contributed by atoms with van der Waals surface area (Å²) in [5, 5.41) is 4.50. The molecule has 0 spiro atoms. The highest BCUT2D eigenvalue weighted by Gasteiger charge is 2.18. The summed E-state index contributed by atoms with van der Waals surface area (Å²) >= 11 is 6.07. The predicted octanol–water partition coefficient (Wildman–Crippen LogP) is 4.85. The van der Waals surface area contributed by atoms with E-state index in [1.54, 1.807) is 6.07 Å². The van der Waals surface area contributed by atoms with Crippen molar-refractivity contribution in [2.24, 2.45) is 0 Å². The van der Waals surface area contributed by atoms with Gasteiger partial charge in [0.2, 0.25) is 0 Å². The van der Waals surface area contributed by atoms with Crippen molar-refractivity contribution < 1.29 is 14.3 Å². The SMILES string of the molecule is Cc1nc2ccc(Cl)cc2cc1C(=O)NC(C)c1ccc2c(c1)OCCCO2. The molecule has 28 heavy (non-hydrogen) atoms. The van der Waals surface area contributed by atoms with Crippen LogP contribution >= 0.6 is 11.6 Å². The molecule has 4 rings (SSSR count). The number of pyridine rings is 1. The van der Waals surface area contributed by atoms with Crippen LogP contribution in [0.3, 0.4) is 0 Å². The Labute approximate surface area is 168 Å². The maximum absolute atomic E-state index is 12.9. The highest BCUT2D eigenvalue weighted by Crippen LogP contribution is 2.32. The molecule has 1 N–H and O–H groups in total. The molecule has 144 valence electrons. The first-order chi connectivity index (χ1) is 13.5. The van der Waals surface area contributed by atoms with E-state index in [1.807, 2.05) is 50.2 Å². The van der Waals surface area contributed by atoms with Crippen LogP contribution in [0.5, 0.6) is 11.5 Å². The van der Waals surface area contributed by atoms with Gasteiger partial charge >= 0.3 is 0 Å². The van der Waals surface area contributed by atoms with Gasteiger partial charge in [0, 0.05) is 16.8 Å². The zero-order chi connectivity index (χ0) is 19.7. The van der Waals surface area contributed by atoms with E-state index in [4.69, 9.17) is 21.1 Å². The van der Waals surface area contributed by atoms with Crippen molar-refractivity contribution in [3.8, 4) is 11.5 Å². The Morgan fingerprint density at radius 2 is 1.89 bits per heavy atom. The second-order valence-corrected chi connectivity index (χ2v) is 7.35. The molecule has 0 fully saturated rings. The van der Waals surface area contributed by atoms with E-state index in [1.165, 1.54) is 0 Å². The predicted molar refractivity (Wildman–Crippen MR) is 109 cm³/mol. The quantitative estimate of drug-likeness (QED) is 0.687. The van der Waals surface area contributed by atoms with Gasteiger partial charge in [0.1, 0.15) is 0 Å². The Bertz CT molecular complexity index is 1050. The lowest BCUT2D eigenvalue weighted by Gasteiger charge is -2.17. The van der Waals surface area contributed by atoms with Crippen molar-refractivity contribution >= 4 is 28.4 Å². The third kappa shape index (κ3) is 3.76. The van der Waals surface area contributed by atoms with Crippen molar-refractivity contribution in [3.63, 3.8) is 0 Å². The van der Waals surface area contributed by atoms with E-state index in [-0.39, 0.29) is 11.9 Å². The highest BCUT2D eigenvalue weighted by atomic mass is 35.5. The van der Waals surface area contributed by atoms with Gasteiger partial charge in [-0.1, -0.05) is 17.7 Å². The van der Waals surface area contributed by atoms with Gasteiger partial charge in [0.05, 0.1) is 36.0 Å². The second-order valence-electron chi connectivity index (χ2n) is 6.91. The van der Waals surface area contributed by atoms with E-state index in [0.29, 0.717) is 35.2 Å². The normalized spacial score (nSPS) is 14.4. The molecule has 1 aliphatic heterocycles. The molecule has 0 bridgehead atoms. The van der Waals surface area contributed by atoms with E-state index < -0.39 is 0 Å². The Morgan fingerprint density at radius 3 is 2.71 bits per heavy atom. The Morgan fingerprint density at radius 1 is 1.11 bits per heavy atom. The number of hydrogen-bond acceptors (Lipinski definition) is 4. The van der Waals surface area contributed by atoms with Crippen LogP contribution in [0.1, 0.15) is 41.0 Å². The molecule has 0 saturated carbocycles. The van der Waals surface area contributed by atoms with Crippen LogP contribution < -0.4 is 14.8 Å². The summed E-state index contributed by atoms with van der Waals surface area (Å²) in [6.45, 7) is 5.05. The zero-order valence-corrected chi connectivity index (χ0v) is 16.5. The first-order valence-electron chi connectivity index (χ1n) is 9.28. The lowest BCUT2D eigenvalue weighted by atomic mass is 10.1. The van der Waals surface area contributed by atoms with Gasteiger partial charge in [0.25, 0.3) is 5.91 Å². The number of hydrogen-bond donors (Lipinski definition) is 1. The van der Waals surface area contributed by atoms with Crippen LogP contribution in [0.15, 0.2) is 42.5 Å². The number of amides is 1. The minimum absolute atomic E-state index is 0.175. The molecule has 3 aromatic rings. The van der Waals surface area contributed by atoms with Crippen LogP contribution in [-0.2, 0) is 0 Å². The maximum atomic E-state index is 12.9. The van der Waals surface area contributed by atoms with Gasteiger partial charge in [-0.3, -0.25) is 9.78 Å². The summed E-state index contributed by atoms with van der Waals surface area (Å²) in [5.41, 5.74) is 2.98. The van der Waals surface area contributed by atoms with Gasteiger partial charge < -0.3 is 14.8 Å². The molecule has 1 atom stereocenters. The second kappa shape index (κ2) is 7.68. The summed E-state index contributed by atoms with van der Waals surface area (Å²) < 4.78 is 11.4. The average Bonchev–Trinajstić information content (AvgIpc) is 2.92. The van der Waals surface area contributed by atoms with E-state index in [9.17, 15) is 4.79 Å². The number of nitrogens with zero attached hydrogens (tertiary/aromatic N) is 1. The smallest absolute Gasteiger partial charge is 0.253 e. The molecule has 1 aromatic heterocycles. The number of halogens is 1. The molecule has 5 nitrogen and oxygen atoms in total. The van der Waals surface area contributed by atoms with Crippen molar-refractivity contribution in [3.05, 3.63) is 64.3 Å². The fourth-order valence-corrected chi connectivity index (χ4v) is 3.46. The maximum Gasteiger partial charge on any atom is 0.253 e. The summed E-state index contributed by atoms with van der Waals surface area (Å²) in [7, 11) is 0. The third-order valence-corrected chi connectivity index (χ3v) is 5.07. The topological polar surface area (TPSA) is 60.5 Å². The van der Waals surface area contributed by atoms with Crippen LogP contribution in [-0.4, -0.2) is 24.1 Å². The Hall–Kier alpha value is -2.79. The number of aryl methyl sites for hydroxylation is 1.